The molecule has 2 aromatic rings. The van der Waals surface area contributed by atoms with E-state index in [1.807, 2.05) is 46.8 Å². The van der Waals surface area contributed by atoms with Gasteiger partial charge >= 0.3 is 5.97 Å². The molecular formula is C23H27NO4S. The third-order valence-corrected chi connectivity index (χ3v) is 7.15. The lowest BCUT2D eigenvalue weighted by Crippen LogP contribution is -2.45. The lowest BCUT2D eigenvalue weighted by atomic mass is 9.87. The summed E-state index contributed by atoms with van der Waals surface area (Å²) < 4.78 is 28.8. The molecule has 1 N–H and O–H groups in total. The zero-order valence-electron chi connectivity index (χ0n) is 17.4. The summed E-state index contributed by atoms with van der Waals surface area (Å²) in [6, 6.07) is 12.5. The molecule has 0 radical (unpaired) electrons. The molecule has 1 aliphatic rings. The molecule has 1 heterocycles. The van der Waals surface area contributed by atoms with Gasteiger partial charge in [0.25, 0.3) is 0 Å². The molecule has 2 aromatic carbocycles. The first-order valence-electron chi connectivity index (χ1n) is 9.54. The number of hydrogen-bond acceptors (Lipinski definition) is 3. The molecule has 6 heteroatoms. The first-order chi connectivity index (χ1) is 13.4. The van der Waals surface area contributed by atoms with Crippen LogP contribution in [-0.4, -0.2) is 29.8 Å². The molecule has 0 aromatic heterocycles. The highest BCUT2D eigenvalue weighted by atomic mass is 32.2. The zero-order chi connectivity index (χ0) is 21.6. The Hall–Kier alpha value is -2.44. The van der Waals surface area contributed by atoms with Crippen molar-refractivity contribution in [3.8, 4) is 0 Å². The molecule has 1 aliphatic heterocycles. The normalized spacial score (nSPS) is 20.5. The number of rotatable bonds is 4. The van der Waals surface area contributed by atoms with Gasteiger partial charge in [0.2, 0.25) is 10.0 Å². The van der Waals surface area contributed by atoms with Crippen molar-refractivity contribution in [1.29, 1.82) is 0 Å². The Kier molecular flexibility index (Phi) is 5.45. The Bertz CT molecular complexity index is 1050. The number of carboxylic acid groups (broad SMARTS) is 1. The van der Waals surface area contributed by atoms with E-state index in [-0.39, 0.29) is 10.5 Å². The van der Waals surface area contributed by atoms with Crippen molar-refractivity contribution in [1.82, 2.24) is 4.31 Å². The highest BCUT2D eigenvalue weighted by Crippen LogP contribution is 2.46. The first-order valence-corrected chi connectivity index (χ1v) is 11.0. The minimum Gasteiger partial charge on any atom is -0.478 e. The van der Waals surface area contributed by atoms with Crippen LogP contribution in [0.5, 0.6) is 0 Å². The van der Waals surface area contributed by atoms with Crippen molar-refractivity contribution in [2.75, 3.05) is 0 Å². The van der Waals surface area contributed by atoms with E-state index < -0.39 is 33.5 Å². The summed E-state index contributed by atoms with van der Waals surface area (Å²) >= 11 is 0. The number of aliphatic carboxylic acids is 1. The maximum Gasteiger partial charge on any atom is 0.333 e. The van der Waals surface area contributed by atoms with Gasteiger partial charge in [-0.15, -0.1) is 0 Å². The second-order valence-electron chi connectivity index (χ2n) is 8.70. The van der Waals surface area contributed by atoms with Crippen LogP contribution in [0, 0.1) is 19.3 Å². The standard InChI is InChI=1S/C23H27NO4S/c1-15-6-10-17(11-7-15)21-19(22(25)26)14-20(23(3,4)5)24(21)29(27,28)18-12-8-16(2)9-13-18/h6-14,20-21H,1-5H3,(H,25,26)/t20-,21-/m0/s1. The van der Waals surface area contributed by atoms with E-state index in [1.165, 1.54) is 4.31 Å². The fourth-order valence-electron chi connectivity index (χ4n) is 3.65. The third-order valence-electron chi connectivity index (χ3n) is 5.28. The Morgan fingerprint density at radius 3 is 1.86 bits per heavy atom. The minimum absolute atomic E-state index is 0.0875. The molecule has 0 amide bonds. The van der Waals surface area contributed by atoms with Crippen LogP contribution in [-0.2, 0) is 14.8 Å². The van der Waals surface area contributed by atoms with Crippen LogP contribution in [0.2, 0.25) is 0 Å². The van der Waals surface area contributed by atoms with E-state index >= 15 is 0 Å². The van der Waals surface area contributed by atoms with Gasteiger partial charge in [-0.1, -0.05) is 74.4 Å². The summed E-state index contributed by atoms with van der Waals surface area (Å²) in [7, 11) is -3.94. The summed E-state index contributed by atoms with van der Waals surface area (Å²) in [5.74, 6) is -1.11. The van der Waals surface area contributed by atoms with Crippen molar-refractivity contribution in [2.24, 2.45) is 5.41 Å². The maximum absolute atomic E-state index is 13.7. The van der Waals surface area contributed by atoms with E-state index in [2.05, 4.69) is 0 Å². The molecule has 0 spiro atoms. The Labute approximate surface area is 172 Å². The number of aryl methyl sites for hydroxylation is 2. The highest BCUT2D eigenvalue weighted by molar-refractivity contribution is 7.89. The molecule has 2 atom stereocenters. The molecular weight excluding hydrogens is 386 g/mol. The van der Waals surface area contributed by atoms with Gasteiger partial charge in [0.15, 0.2) is 0 Å². The number of nitrogens with zero attached hydrogens (tertiary/aromatic N) is 1. The lowest BCUT2D eigenvalue weighted by Gasteiger charge is -2.37. The van der Waals surface area contributed by atoms with Crippen molar-refractivity contribution in [3.05, 3.63) is 76.9 Å². The second-order valence-corrected chi connectivity index (χ2v) is 10.5. The van der Waals surface area contributed by atoms with Gasteiger partial charge in [-0.3, -0.25) is 0 Å². The molecule has 154 valence electrons. The van der Waals surface area contributed by atoms with Crippen molar-refractivity contribution >= 4 is 16.0 Å². The van der Waals surface area contributed by atoms with E-state index in [1.54, 1.807) is 42.5 Å². The maximum atomic E-state index is 13.7. The monoisotopic (exact) mass is 413 g/mol. The predicted molar refractivity (Wildman–Crippen MR) is 113 cm³/mol. The van der Waals surface area contributed by atoms with E-state index in [4.69, 9.17) is 0 Å². The Morgan fingerprint density at radius 1 is 0.931 bits per heavy atom. The lowest BCUT2D eigenvalue weighted by molar-refractivity contribution is -0.133. The summed E-state index contributed by atoms with van der Waals surface area (Å²) in [6.45, 7) is 9.59. The Balaban J connectivity index is 2.23. The summed E-state index contributed by atoms with van der Waals surface area (Å²) in [4.78, 5) is 12.3. The van der Waals surface area contributed by atoms with Crippen LogP contribution >= 0.6 is 0 Å². The largest absolute Gasteiger partial charge is 0.478 e. The van der Waals surface area contributed by atoms with E-state index in [9.17, 15) is 18.3 Å². The Morgan fingerprint density at radius 2 is 1.41 bits per heavy atom. The van der Waals surface area contributed by atoms with Gasteiger partial charge in [0.05, 0.1) is 16.5 Å². The highest BCUT2D eigenvalue weighted by Gasteiger charge is 2.49. The number of carbonyl (C=O) groups is 1. The molecule has 0 saturated heterocycles. The van der Waals surface area contributed by atoms with Crippen LogP contribution < -0.4 is 0 Å². The first kappa shape index (κ1) is 21.3. The average Bonchev–Trinajstić information content (AvgIpc) is 3.05. The van der Waals surface area contributed by atoms with Gasteiger partial charge in [0.1, 0.15) is 0 Å². The van der Waals surface area contributed by atoms with Gasteiger partial charge in [-0.2, -0.15) is 4.31 Å². The van der Waals surface area contributed by atoms with Crippen LogP contribution in [0.3, 0.4) is 0 Å². The number of sulfonamides is 1. The minimum atomic E-state index is -3.94. The van der Waals surface area contributed by atoms with E-state index in [0.717, 1.165) is 11.1 Å². The van der Waals surface area contributed by atoms with Gasteiger partial charge in [-0.05, 0) is 37.0 Å². The number of hydrogen-bond donors (Lipinski definition) is 1. The smallest absolute Gasteiger partial charge is 0.333 e. The zero-order valence-corrected chi connectivity index (χ0v) is 18.2. The SMILES string of the molecule is Cc1ccc([C@H]2C(C(=O)O)=C[C@@H](C(C)(C)C)N2S(=O)(=O)c2ccc(C)cc2)cc1. The molecule has 0 fully saturated rings. The second kappa shape index (κ2) is 7.43. The summed E-state index contributed by atoms with van der Waals surface area (Å²) in [5, 5.41) is 9.88. The van der Waals surface area contributed by atoms with Crippen LogP contribution in [0.4, 0.5) is 0 Å². The van der Waals surface area contributed by atoms with E-state index in [0.29, 0.717) is 5.56 Å². The van der Waals surface area contributed by atoms with Gasteiger partial charge in [0, 0.05) is 6.04 Å². The average molecular weight is 414 g/mol. The van der Waals surface area contributed by atoms with Gasteiger partial charge in [-0.25, -0.2) is 13.2 Å². The predicted octanol–water partition coefficient (Wildman–Crippen LogP) is 4.47. The molecule has 29 heavy (non-hydrogen) atoms. The molecule has 0 bridgehead atoms. The van der Waals surface area contributed by atoms with Crippen molar-refractivity contribution in [2.45, 2.75) is 51.6 Å². The van der Waals surface area contributed by atoms with Gasteiger partial charge < -0.3 is 5.11 Å². The third kappa shape index (κ3) is 4.00. The topological polar surface area (TPSA) is 74.7 Å². The number of carboxylic acids is 1. The fraction of sp³-hybridized carbons (Fsp3) is 0.348. The van der Waals surface area contributed by atoms with Crippen LogP contribution in [0.1, 0.15) is 43.5 Å². The molecule has 3 rings (SSSR count). The molecule has 5 nitrogen and oxygen atoms in total. The van der Waals surface area contributed by atoms with Crippen LogP contribution in [0.25, 0.3) is 0 Å². The van der Waals surface area contributed by atoms with Crippen LogP contribution in [0.15, 0.2) is 65.1 Å². The van der Waals surface area contributed by atoms with Crippen molar-refractivity contribution < 1.29 is 18.3 Å². The van der Waals surface area contributed by atoms with Crippen molar-refractivity contribution in [3.63, 3.8) is 0 Å². The summed E-state index contributed by atoms with van der Waals surface area (Å²) in [6.07, 6.45) is 1.60. The molecule has 0 saturated carbocycles. The molecule has 0 unspecified atom stereocenters. The fourth-order valence-corrected chi connectivity index (χ4v) is 5.56. The molecule has 0 aliphatic carbocycles. The summed E-state index contributed by atoms with van der Waals surface area (Å²) in [5.41, 5.74) is 2.22. The quantitative estimate of drug-likeness (QED) is 0.802. The number of benzene rings is 2.